The van der Waals surface area contributed by atoms with Crippen LogP contribution in [0.3, 0.4) is 0 Å². The molecule has 0 aliphatic carbocycles. The highest BCUT2D eigenvalue weighted by molar-refractivity contribution is 5.95. The van der Waals surface area contributed by atoms with Gasteiger partial charge in [-0.25, -0.2) is 9.18 Å². The van der Waals surface area contributed by atoms with Gasteiger partial charge in [0.25, 0.3) is 0 Å². The standard InChI is InChI=1S/C14H13F2NO4/c1-4-17-6-8(14(19)21-3)12(18)7-5-9(15)10(16)13(20-2)11(7)17/h5-6H,4H2,1-3H3. The average molecular weight is 297 g/mol. The molecule has 0 spiro atoms. The van der Waals surface area contributed by atoms with Gasteiger partial charge < -0.3 is 14.0 Å². The Labute approximate surface area is 118 Å². The first-order valence-corrected chi connectivity index (χ1v) is 6.13. The van der Waals surface area contributed by atoms with Crippen molar-refractivity contribution in [2.45, 2.75) is 13.5 Å². The second-order valence-electron chi connectivity index (χ2n) is 4.25. The van der Waals surface area contributed by atoms with Gasteiger partial charge in [0.15, 0.2) is 11.6 Å². The van der Waals surface area contributed by atoms with E-state index in [1.807, 2.05) is 0 Å². The molecular weight excluding hydrogens is 284 g/mol. The molecule has 1 aromatic heterocycles. The molecule has 2 rings (SSSR count). The zero-order chi connectivity index (χ0) is 15.7. The summed E-state index contributed by atoms with van der Waals surface area (Å²) in [4.78, 5) is 23.9. The highest BCUT2D eigenvalue weighted by Crippen LogP contribution is 2.29. The minimum atomic E-state index is -1.22. The summed E-state index contributed by atoms with van der Waals surface area (Å²) in [5, 5.41) is -0.143. The van der Waals surface area contributed by atoms with Crippen LogP contribution in [0.15, 0.2) is 17.1 Å². The zero-order valence-electron chi connectivity index (χ0n) is 11.7. The summed E-state index contributed by atoms with van der Waals surface area (Å²) >= 11 is 0. The highest BCUT2D eigenvalue weighted by Gasteiger charge is 2.22. The zero-order valence-corrected chi connectivity index (χ0v) is 11.7. The van der Waals surface area contributed by atoms with Gasteiger partial charge in [-0.05, 0) is 13.0 Å². The van der Waals surface area contributed by atoms with Crippen LogP contribution in [0.2, 0.25) is 0 Å². The number of halogens is 2. The SMILES string of the molecule is CCn1cc(C(=O)OC)c(=O)c2cc(F)c(F)c(OC)c21. The summed E-state index contributed by atoms with van der Waals surface area (Å²) < 4.78 is 38.2. The molecular formula is C14H13F2NO4. The minimum Gasteiger partial charge on any atom is -0.491 e. The fraction of sp³-hybridized carbons (Fsp3) is 0.286. The van der Waals surface area contributed by atoms with Gasteiger partial charge in [0.05, 0.1) is 25.1 Å². The molecule has 0 saturated carbocycles. The molecule has 0 aliphatic rings. The second kappa shape index (κ2) is 5.51. The molecule has 5 nitrogen and oxygen atoms in total. The number of carbonyl (C=O) groups is 1. The van der Waals surface area contributed by atoms with E-state index in [0.717, 1.165) is 13.2 Å². The Morgan fingerprint density at radius 3 is 2.52 bits per heavy atom. The predicted molar refractivity (Wildman–Crippen MR) is 71.7 cm³/mol. The molecule has 2 aromatic rings. The highest BCUT2D eigenvalue weighted by atomic mass is 19.2. The molecule has 0 unspecified atom stereocenters. The van der Waals surface area contributed by atoms with Crippen LogP contribution < -0.4 is 10.2 Å². The van der Waals surface area contributed by atoms with E-state index in [-0.39, 0.29) is 22.2 Å². The van der Waals surface area contributed by atoms with E-state index in [0.29, 0.717) is 6.54 Å². The minimum absolute atomic E-state index is 0.0940. The van der Waals surface area contributed by atoms with E-state index in [4.69, 9.17) is 4.74 Å². The largest absolute Gasteiger partial charge is 0.491 e. The van der Waals surface area contributed by atoms with Crippen molar-refractivity contribution in [2.24, 2.45) is 0 Å². The first kappa shape index (κ1) is 15.0. The Hall–Kier alpha value is -2.44. The van der Waals surface area contributed by atoms with Crippen molar-refractivity contribution in [1.29, 1.82) is 0 Å². The number of nitrogens with zero attached hydrogens (tertiary/aromatic N) is 1. The van der Waals surface area contributed by atoms with Crippen LogP contribution in [0.5, 0.6) is 5.75 Å². The van der Waals surface area contributed by atoms with Crippen molar-refractivity contribution in [2.75, 3.05) is 14.2 Å². The Morgan fingerprint density at radius 2 is 2.00 bits per heavy atom. The fourth-order valence-corrected chi connectivity index (χ4v) is 2.17. The van der Waals surface area contributed by atoms with Crippen LogP contribution >= 0.6 is 0 Å². The van der Waals surface area contributed by atoms with Crippen molar-refractivity contribution in [3.8, 4) is 5.75 Å². The number of hydrogen-bond acceptors (Lipinski definition) is 4. The van der Waals surface area contributed by atoms with Gasteiger partial charge in [-0.2, -0.15) is 4.39 Å². The maximum absolute atomic E-state index is 13.8. The molecule has 7 heteroatoms. The van der Waals surface area contributed by atoms with Gasteiger partial charge >= 0.3 is 5.97 Å². The Morgan fingerprint density at radius 1 is 1.33 bits per heavy atom. The summed E-state index contributed by atoms with van der Waals surface area (Å²) in [6.07, 6.45) is 1.25. The van der Waals surface area contributed by atoms with E-state index in [1.165, 1.54) is 17.9 Å². The van der Waals surface area contributed by atoms with Gasteiger partial charge in [0.1, 0.15) is 5.56 Å². The first-order chi connectivity index (χ1) is 9.96. The van der Waals surface area contributed by atoms with Gasteiger partial charge in [-0.1, -0.05) is 0 Å². The number of methoxy groups -OCH3 is 2. The number of aromatic nitrogens is 1. The smallest absolute Gasteiger partial charge is 0.343 e. The topological polar surface area (TPSA) is 57.5 Å². The lowest BCUT2D eigenvalue weighted by Gasteiger charge is -2.14. The van der Waals surface area contributed by atoms with E-state index in [2.05, 4.69) is 4.74 Å². The van der Waals surface area contributed by atoms with Crippen molar-refractivity contribution >= 4 is 16.9 Å². The van der Waals surface area contributed by atoms with Crippen molar-refractivity contribution < 1.29 is 23.0 Å². The number of benzene rings is 1. The Bertz CT molecular complexity index is 783. The number of hydrogen-bond donors (Lipinski definition) is 0. The van der Waals surface area contributed by atoms with Crippen LogP contribution in [-0.2, 0) is 11.3 Å². The lowest BCUT2D eigenvalue weighted by atomic mass is 10.1. The number of aryl methyl sites for hydroxylation is 1. The van der Waals surface area contributed by atoms with Crippen molar-refractivity contribution in [3.63, 3.8) is 0 Å². The molecule has 1 aromatic carbocycles. The molecule has 1 heterocycles. The first-order valence-electron chi connectivity index (χ1n) is 6.13. The van der Waals surface area contributed by atoms with Gasteiger partial charge in [0, 0.05) is 12.7 Å². The summed E-state index contributed by atoms with van der Waals surface area (Å²) in [5.41, 5.74) is -0.893. The van der Waals surface area contributed by atoms with Crippen LogP contribution in [0.4, 0.5) is 8.78 Å². The maximum atomic E-state index is 13.8. The van der Waals surface area contributed by atoms with E-state index >= 15 is 0 Å². The lowest BCUT2D eigenvalue weighted by Crippen LogP contribution is -2.20. The molecule has 21 heavy (non-hydrogen) atoms. The second-order valence-corrected chi connectivity index (χ2v) is 4.25. The van der Waals surface area contributed by atoms with Crippen LogP contribution in [-0.4, -0.2) is 24.8 Å². The van der Waals surface area contributed by atoms with Crippen molar-refractivity contribution in [1.82, 2.24) is 4.57 Å². The predicted octanol–water partition coefficient (Wildman–Crippen LogP) is 2.09. The molecule has 0 radical (unpaired) electrons. The summed E-state index contributed by atoms with van der Waals surface area (Å²) in [6, 6.07) is 0.758. The molecule has 112 valence electrons. The quantitative estimate of drug-likeness (QED) is 0.814. The van der Waals surface area contributed by atoms with Crippen molar-refractivity contribution in [3.05, 3.63) is 39.7 Å². The number of esters is 1. The number of fused-ring (bicyclic) bond motifs is 1. The fourth-order valence-electron chi connectivity index (χ4n) is 2.17. The molecule has 0 aliphatic heterocycles. The van der Waals surface area contributed by atoms with E-state index < -0.39 is 23.0 Å². The molecule has 0 amide bonds. The number of ether oxygens (including phenoxy) is 2. The van der Waals surface area contributed by atoms with Gasteiger partial charge in [-0.15, -0.1) is 0 Å². The van der Waals surface area contributed by atoms with E-state index in [9.17, 15) is 18.4 Å². The monoisotopic (exact) mass is 297 g/mol. The van der Waals surface area contributed by atoms with Gasteiger partial charge in [0.2, 0.25) is 11.2 Å². The molecule has 0 bridgehead atoms. The third kappa shape index (κ3) is 2.24. The van der Waals surface area contributed by atoms with Crippen LogP contribution in [0.25, 0.3) is 10.9 Å². The number of pyridine rings is 1. The number of rotatable bonds is 3. The molecule has 0 saturated heterocycles. The van der Waals surface area contributed by atoms with Crippen LogP contribution in [0.1, 0.15) is 17.3 Å². The van der Waals surface area contributed by atoms with Crippen LogP contribution in [0, 0.1) is 11.6 Å². The lowest BCUT2D eigenvalue weighted by molar-refractivity contribution is 0.0598. The summed E-state index contributed by atoms with van der Waals surface area (Å²) in [7, 11) is 2.31. The summed E-state index contributed by atoms with van der Waals surface area (Å²) in [5.74, 6) is -3.62. The van der Waals surface area contributed by atoms with E-state index in [1.54, 1.807) is 6.92 Å². The Balaban J connectivity index is 3.02. The Kier molecular flexibility index (Phi) is 3.93. The van der Waals surface area contributed by atoms with Gasteiger partial charge in [-0.3, -0.25) is 4.79 Å². The summed E-state index contributed by atoms with van der Waals surface area (Å²) in [6.45, 7) is 2.05. The molecule has 0 atom stereocenters. The third-order valence-electron chi connectivity index (χ3n) is 3.16. The average Bonchev–Trinajstić information content (AvgIpc) is 2.49. The normalized spacial score (nSPS) is 10.7. The third-order valence-corrected chi connectivity index (χ3v) is 3.16. The molecule has 0 N–H and O–H groups in total. The number of carbonyl (C=O) groups excluding carboxylic acids is 1. The molecule has 0 fully saturated rings. The maximum Gasteiger partial charge on any atom is 0.343 e.